The van der Waals surface area contributed by atoms with Gasteiger partial charge in [0.05, 0.1) is 29.1 Å². The molecule has 0 amide bonds. The minimum absolute atomic E-state index is 0.0227. The first-order chi connectivity index (χ1) is 11.8. The Kier molecular flexibility index (Phi) is 3.70. The maximum absolute atomic E-state index is 13.2. The van der Waals surface area contributed by atoms with Crippen LogP contribution in [0.4, 0.5) is 4.39 Å². The Balaban J connectivity index is 1.76. The van der Waals surface area contributed by atoms with Crippen LogP contribution in [0.1, 0.15) is 26.3 Å². The highest BCUT2D eigenvalue weighted by molar-refractivity contribution is 6.62. The van der Waals surface area contributed by atoms with Crippen molar-refractivity contribution in [2.75, 3.05) is 0 Å². The predicted molar refractivity (Wildman–Crippen MR) is 96.9 cm³/mol. The summed E-state index contributed by atoms with van der Waals surface area (Å²) in [6.45, 7) is 8.15. The molecule has 0 bridgehead atoms. The van der Waals surface area contributed by atoms with Crippen LogP contribution in [-0.2, 0) is 9.31 Å². The Labute approximate surface area is 146 Å². The van der Waals surface area contributed by atoms with Gasteiger partial charge in [-0.1, -0.05) is 6.07 Å². The standard InChI is InChI=1S/C19H20BFN2O2/c1-12-9-18-14(10-17(12)20-24-13(2)19(3,4)25-20)11-22-23(18)16-7-5-15(21)6-8-16/h5-11,13H,1-4H3. The number of rotatable bonds is 2. The lowest BCUT2D eigenvalue weighted by Crippen LogP contribution is -2.36. The summed E-state index contributed by atoms with van der Waals surface area (Å²) in [4.78, 5) is 0. The maximum atomic E-state index is 13.2. The zero-order valence-electron chi connectivity index (χ0n) is 14.8. The molecule has 1 aliphatic rings. The molecule has 4 rings (SSSR count). The highest BCUT2D eigenvalue weighted by atomic mass is 19.1. The van der Waals surface area contributed by atoms with Crippen molar-refractivity contribution in [2.45, 2.75) is 39.4 Å². The summed E-state index contributed by atoms with van der Waals surface area (Å²) in [6, 6.07) is 10.5. The quantitative estimate of drug-likeness (QED) is 0.672. The summed E-state index contributed by atoms with van der Waals surface area (Å²) in [5.74, 6) is -0.258. The predicted octanol–water partition coefficient (Wildman–Crippen LogP) is 3.38. The number of fused-ring (bicyclic) bond motifs is 1. The van der Waals surface area contributed by atoms with E-state index in [0.717, 1.165) is 27.6 Å². The van der Waals surface area contributed by atoms with E-state index in [0.29, 0.717) is 0 Å². The van der Waals surface area contributed by atoms with Gasteiger partial charge in [0.1, 0.15) is 5.82 Å². The Morgan fingerprint density at radius 2 is 1.92 bits per heavy atom. The molecule has 1 atom stereocenters. The second-order valence-electron chi connectivity index (χ2n) is 7.13. The molecular formula is C19H20BFN2O2. The number of hydrogen-bond donors (Lipinski definition) is 0. The Bertz CT molecular complexity index is 936. The van der Waals surface area contributed by atoms with Crippen molar-refractivity contribution >= 4 is 23.5 Å². The molecule has 0 saturated carbocycles. The molecule has 2 aromatic carbocycles. The molecule has 3 aromatic rings. The lowest BCUT2D eigenvalue weighted by atomic mass is 9.76. The lowest BCUT2D eigenvalue weighted by molar-refractivity contribution is 0.0842. The summed E-state index contributed by atoms with van der Waals surface area (Å²) in [7, 11) is -0.372. The number of aromatic nitrogens is 2. The molecule has 1 aliphatic heterocycles. The summed E-state index contributed by atoms with van der Waals surface area (Å²) in [6.07, 6.45) is 1.83. The monoisotopic (exact) mass is 338 g/mol. The summed E-state index contributed by atoms with van der Waals surface area (Å²) < 4.78 is 27.1. The van der Waals surface area contributed by atoms with Gasteiger partial charge in [-0.05, 0) is 69.1 Å². The van der Waals surface area contributed by atoms with Gasteiger partial charge >= 0.3 is 7.12 Å². The molecule has 0 N–H and O–H groups in total. The third-order valence-corrected chi connectivity index (χ3v) is 5.00. The smallest absolute Gasteiger partial charge is 0.402 e. The first kappa shape index (κ1) is 16.3. The molecule has 1 saturated heterocycles. The highest BCUT2D eigenvalue weighted by Crippen LogP contribution is 2.28. The number of nitrogens with zero attached hydrogens (tertiary/aromatic N) is 2. The average Bonchev–Trinajstić information content (AvgIpc) is 3.08. The molecule has 0 aliphatic carbocycles. The van der Waals surface area contributed by atoms with E-state index in [4.69, 9.17) is 9.31 Å². The van der Waals surface area contributed by atoms with Crippen molar-refractivity contribution in [3.8, 4) is 5.69 Å². The number of aryl methyl sites for hydroxylation is 1. The van der Waals surface area contributed by atoms with Crippen LogP contribution in [-0.4, -0.2) is 28.6 Å². The fourth-order valence-electron chi connectivity index (χ4n) is 3.12. The van der Waals surface area contributed by atoms with Crippen molar-refractivity contribution in [1.29, 1.82) is 0 Å². The fourth-order valence-corrected chi connectivity index (χ4v) is 3.12. The van der Waals surface area contributed by atoms with Crippen LogP contribution < -0.4 is 5.46 Å². The van der Waals surface area contributed by atoms with Crippen molar-refractivity contribution in [1.82, 2.24) is 9.78 Å². The molecule has 1 aromatic heterocycles. The first-order valence-corrected chi connectivity index (χ1v) is 8.43. The Morgan fingerprint density at radius 1 is 1.20 bits per heavy atom. The minimum Gasteiger partial charge on any atom is -0.402 e. The van der Waals surface area contributed by atoms with E-state index in [9.17, 15) is 4.39 Å². The van der Waals surface area contributed by atoms with Crippen LogP contribution in [0.5, 0.6) is 0 Å². The van der Waals surface area contributed by atoms with Gasteiger partial charge in [0, 0.05) is 5.39 Å². The minimum atomic E-state index is -0.372. The van der Waals surface area contributed by atoms with Gasteiger partial charge in [0.15, 0.2) is 0 Å². The highest BCUT2D eigenvalue weighted by Gasteiger charge is 2.44. The lowest BCUT2D eigenvalue weighted by Gasteiger charge is -2.21. The zero-order chi connectivity index (χ0) is 17.8. The first-order valence-electron chi connectivity index (χ1n) is 8.43. The molecule has 6 heteroatoms. The van der Waals surface area contributed by atoms with Gasteiger partial charge in [-0.2, -0.15) is 5.10 Å². The zero-order valence-corrected chi connectivity index (χ0v) is 14.8. The largest absolute Gasteiger partial charge is 0.494 e. The van der Waals surface area contributed by atoms with Crippen molar-refractivity contribution in [3.05, 3.63) is 54.0 Å². The summed E-state index contributed by atoms with van der Waals surface area (Å²) in [5, 5.41) is 5.46. The van der Waals surface area contributed by atoms with E-state index in [-0.39, 0.29) is 24.6 Å². The van der Waals surface area contributed by atoms with Gasteiger partial charge in [-0.25, -0.2) is 9.07 Å². The van der Waals surface area contributed by atoms with Crippen molar-refractivity contribution < 1.29 is 13.7 Å². The van der Waals surface area contributed by atoms with E-state index in [2.05, 4.69) is 17.2 Å². The van der Waals surface area contributed by atoms with E-state index < -0.39 is 0 Å². The molecule has 4 nitrogen and oxygen atoms in total. The van der Waals surface area contributed by atoms with Crippen LogP contribution in [0.25, 0.3) is 16.6 Å². The number of hydrogen-bond acceptors (Lipinski definition) is 3. The fraction of sp³-hybridized carbons (Fsp3) is 0.316. The Morgan fingerprint density at radius 3 is 2.56 bits per heavy atom. The topological polar surface area (TPSA) is 36.3 Å². The molecule has 1 fully saturated rings. The van der Waals surface area contributed by atoms with E-state index >= 15 is 0 Å². The van der Waals surface area contributed by atoms with E-state index in [1.165, 1.54) is 12.1 Å². The molecule has 128 valence electrons. The molecule has 1 unspecified atom stereocenters. The molecule has 25 heavy (non-hydrogen) atoms. The molecule has 0 radical (unpaired) electrons. The van der Waals surface area contributed by atoms with Gasteiger partial charge in [0.25, 0.3) is 0 Å². The number of halogens is 1. The Hall–Kier alpha value is -2.18. The van der Waals surface area contributed by atoms with Gasteiger partial charge in [-0.15, -0.1) is 0 Å². The second kappa shape index (κ2) is 5.68. The van der Waals surface area contributed by atoms with E-state index in [1.54, 1.807) is 12.1 Å². The maximum Gasteiger partial charge on any atom is 0.494 e. The van der Waals surface area contributed by atoms with Crippen LogP contribution in [0, 0.1) is 12.7 Å². The van der Waals surface area contributed by atoms with Gasteiger partial charge in [0.2, 0.25) is 0 Å². The van der Waals surface area contributed by atoms with Crippen LogP contribution in [0.2, 0.25) is 0 Å². The third-order valence-electron chi connectivity index (χ3n) is 5.00. The summed E-state index contributed by atoms with van der Waals surface area (Å²) in [5.41, 5.74) is 3.57. The van der Waals surface area contributed by atoms with Crippen molar-refractivity contribution in [2.24, 2.45) is 0 Å². The van der Waals surface area contributed by atoms with Crippen LogP contribution in [0.3, 0.4) is 0 Å². The second-order valence-corrected chi connectivity index (χ2v) is 7.13. The van der Waals surface area contributed by atoms with Crippen LogP contribution >= 0.6 is 0 Å². The SMILES string of the molecule is Cc1cc2c(cnn2-c2ccc(F)cc2)cc1B1OC(C)C(C)(C)O1. The number of benzene rings is 2. The summed E-state index contributed by atoms with van der Waals surface area (Å²) >= 11 is 0. The van der Waals surface area contributed by atoms with E-state index in [1.807, 2.05) is 38.6 Å². The van der Waals surface area contributed by atoms with Crippen LogP contribution in [0.15, 0.2) is 42.6 Å². The van der Waals surface area contributed by atoms with Crippen molar-refractivity contribution in [3.63, 3.8) is 0 Å². The van der Waals surface area contributed by atoms with Gasteiger partial charge in [-0.3, -0.25) is 0 Å². The third kappa shape index (κ3) is 2.75. The average molecular weight is 338 g/mol. The van der Waals surface area contributed by atoms with Gasteiger partial charge < -0.3 is 9.31 Å². The normalized spacial score (nSPS) is 19.7. The molecular weight excluding hydrogens is 318 g/mol. The molecule has 2 heterocycles. The molecule has 0 spiro atoms.